The van der Waals surface area contributed by atoms with Gasteiger partial charge in [-0.25, -0.2) is 9.78 Å². The third kappa shape index (κ3) is 2.76. The van der Waals surface area contributed by atoms with E-state index < -0.39 is 23.7 Å². The number of aromatic nitrogens is 1. The molecule has 0 saturated carbocycles. The molecular formula is C20H15N2O4S-. The molecule has 0 N–H and O–H groups in total. The second-order valence-corrected chi connectivity index (χ2v) is 7.20. The summed E-state index contributed by atoms with van der Waals surface area (Å²) in [6.45, 7) is 1.94. The molecule has 136 valence electrons. The van der Waals surface area contributed by atoms with Crippen LogP contribution in [0.1, 0.15) is 17.2 Å². The fraction of sp³-hybridized carbons (Fsp3) is 0.150. The van der Waals surface area contributed by atoms with Crippen molar-refractivity contribution in [2.24, 2.45) is 0 Å². The normalized spacial score (nSPS) is 17.0. The molecule has 0 saturated heterocycles. The highest BCUT2D eigenvalue weighted by Crippen LogP contribution is 2.42. The predicted octanol–water partition coefficient (Wildman–Crippen LogP) is 2.48. The first-order chi connectivity index (χ1) is 13.0. The minimum absolute atomic E-state index is 0.189. The van der Waals surface area contributed by atoms with Crippen LogP contribution >= 0.6 is 11.3 Å². The van der Waals surface area contributed by atoms with E-state index in [0.29, 0.717) is 10.7 Å². The second kappa shape index (κ2) is 6.51. The molecule has 1 aliphatic rings. The summed E-state index contributed by atoms with van der Waals surface area (Å²) in [5.41, 5.74) is 2.22. The van der Waals surface area contributed by atoms with Gasteiger partial charge >= 0.3 is 5.97 Å². The topological polar surface area (TPSA) is 82.6 Å². The summed E-state index contributed by atoms with van der Waals surface area (Å²) in [4.78, 5) is 30.9. The Morgan fingerprint density at radius 3 is 2.56 bits per heavy atom. The molecule has 1 atom stereocenters. The average Bonchev–Trinajstić information content (AvgIpc) is 3.21. The number of esters is 1. The predicted molar refractivity (Wildman–Crippen MR) is 100 cm³/mol. The average molecular weight is 379 g/mol. The van der Waals surface area contributed by atoms with Crippen LogP contribution in [0.25, 0.3) is 10.2 Å². The molecule has 3 aromatic rings. The molecule has 1 aromatic heterocycles. The summed E-state index contributed by atoms with van der Waals surface area (Å²) in [6.07, 6.45) is 0. The lowest BCUT2D eigenvalue weighted by Gasteiger charge is -2.25. The minimum atomic E-state index is -0.862. The lowest BCUT2D eigenvalue weighted by Crippen LogP contribution is -2.32. The van der Waals surface area contributed by atoms with Crippen molar-refractivity contribution in [1.29, 1.82) is 0 Å². The van der Waals surface area contributed by atoms with Gasteiger partial charge in [0, 0.05) is 0 Å². The Labute approximate surface area is 159 Å². The zero-order chi connectivity index (χ0) is 19.1. The van der Waals surface area contributed by atoms with E-state index in [2.05, 4.69) is 4.98 Å². The molecule has 1 aliphatic heterocycles. The van der Waals surface area contributed by atoms with E-state index in [-0.39, 0.29) is 5.57 Å². The van der Waals surface area contributed by atoms with Crippen molar-refractivity contribution in [1.82, 2.24) is 4.98 Å². The minimum Gasteiger partial charge on any atom is -0.868 e. The number of hydrogen-bond acceptors (Lipinski definition) is 6. The number of fused-ring (bicyclic) bond motifs is 1. The lowest BCUT2D eigenvalue weighted by molar-refractivity contribution is -0.298. The number of anilines is 1. The van der Waals surface area contributed by atoms with E-state index >= 15 is 0 Å². The molecule has 0 bridgehead atoms. The fourth-order valence-electron chi connectivity index (χ4n) is 3.13. The highest BCUT2D eigenvalue weighted by molar-refractivity contribution is 7.22. The maximum absolute atomic E-state index is 12.8. The molecule has 1 unspecified atom stereocenters. The van der Waals surface area contributed by atoms with E-state index in [1.807, 2.05) is 43.3 Å². The number of hydrogen-bond donors (Lipinski definition) is 0. The first-order valence-electron chi connectivity index (χ1n) is 8.26. The van der Waals surface area contributed by atoms with Gasteiger partial charge in [0.25, 0.3) is 0 Å². The van der Waals surface area contributed by atoms with Crippen molar-refractivity contribution in [3.8, 4) is 0 Å². The smallest absolute Gasteiger partial charge is 0.335 e. The van der Waals surface area contributed by atoms with Crippen LogP contribution in [0.5, 0.6) is 0 Å². The summed E-state index contributed by atoms with van der Waals surface area (Å²) in [5, 5.41) is 13.0. The van der Waals surface area contributed by atoms with E-state index in [4.69, 9.17) is 4.74 Å². The molecular weight excluding hydrogens is 364 g/mol. The first kappa shape index (κ1) is 17.2. The highest BCUT2D eigenvalue weighted by Gasteiger charge is 2.42. The Morgan fingerprint density at radius 1 is 1.19 bits per heavy atom. The zero-order valence-electron chi connectivity index (χ0n) is 14.6. The van der Waals surface area contributed by atoms with Gasteiger partial charge in [-0.05, 0) is 30.4 Å². The number of aryl methyl sites for hydroxylation is 1. The lowest BCUT2D eigenvalue weighted by atomic mass is 9.98. The number of carbonyl (C=O) groups excluding carboxylic acids is 2. The van der Waals surface area contributed by atoms with Gasteiger partial charge in [0.1, 0.15) is 0 Å². The van der Waals surface area contributed by atoms with Gasteiger partial charge in [-0.3, -0.25) is 9.69 Å². The SMILES string of the molecule is COC(=O)C1=C([O-])C(=O)N(c2nc3ccccc3s2)C1c1ccc(C)cc1. The second-order valence-electron chi connectivity index (χ2n) is 6.19. The molecule has 0 aliphatic carbocycles. The number of thiazole rings is 1. The summed E-state index contributed by atoms with van der Waals surface area (Å²) >= 11 is 1.30. The van der Waals surface area contributed by atoms with Gasteiger partial charge in [0.15, 0.2) is 5.13 Å². The first-order valence-corrected chi connectivity index (χ1v) is 9.08. The Kier molecular flexibility index (Phi) is 4.16. The Balaban J connectivity index is 1.89. The van der Waals surface area contributed by atoms with Crippen molar-refractivity contribution in [3.63, 3.8) is 0 Å². The zero-order valence-corrected chi connectivity index (χ0v) is 15.4. The number of carbonyl (C=O) groups is 2. The third-order valence-electron chi connectivity index (χ3n) is 4.48. The number of benzene rings is 2. The summed E-state index contributed by atoms with van der Waals surface area (Å²) in [6, 6.07) is 13.9. The van der Waals surface area contributed by atoms with E-state index in [1.165, 1.54) is 23.3 Å². The van der Waals surface area contributed by atoms with Gasteiger partial charge in [-0.1, -0.05) is 53.3 Å². The molecule has 0 radical (unpaired) electrons. The van der Waals surface area contributed by atoms with Crippen LogP contribution in [0.3, 0.4) is 0 Å². The van der Waals surface area contributed by atoms with Crippen LogP contribution in [0.2, 0.25) is 0 Å². The van der Waals surface area contributed by atoms with Crippen molar-refractivity contribution < 1.29 is 19.4 Å². The number of para-hydroxylation sites is 1. The number of methoxy groups -OCH3 is 1. The van der Waals surface area contributed by atoms with Gasteiger partial charge in [0.05, 0.1) is 28.9 Å². The molecule has 0 spiro atoms. The standard InChI is InChI=1S/C20H16N2O4S/c1-11-7-9-12(10-8-11)16-15(19(25)26-2)17(23)18(24)22(16)20-21-13-5-3-4-6-14(13)27-20/h3-10,16,23H,1-2H3/p-1. The van der Waals surface area contributed by atoms with E-state index in [1.54, 1.807) is 12.1 Å². The van der Waals surface area contributed by atoms with Gasteiger partial charge in [-0.15, -0.1) is 0 Å². The third-order valence-corrected chi connectivity index (χ3v) is 5.51. The van der Waals surface area contributed by atoms with Gasteiger partial charge in [-0.2, -0.15) is 0 Å². The van der Waals surface area contributed by atoms with Crippen LogP contribution in [0, 0.1) is 6.92 Å². The van der Waals surface area contributed by atoms with Crippen molar-refractivity contribution in [2.45, 2.75) is 13.0 Å². The molecule has 2 aromatic carbocycles. The number of nitrogens with zero attached hydrogens (tertiary/aromatic N) is 2. The fourth-order valence-corrected chi connectivity index (χ4v) is 4.13. The highest BCUT2D eigenvalue weighted by atomic mass is 32.1. The molecule has 4 rings (SSSR count). The van der Waals surface area contributed by atoms with Crippen LogP contribution in [0.15, 0.2) is 59.9 Å². The summed E-state index contributed by atoms with van der Waals surface area (Å²) in [7, 11) is 1.19. The number of ether oxygens (including phenoxy) is 1. The molecule has 0 fully saturated rings. The largest absolute Gasteiger partial charge is 0.868 e. The van der Waals surface area contributed by atoms with Gasteiger partial charge < -0.3 is 9.84 Å². The van der Waals surface area contributed by atoms with Crippen LogP contribution in [0.4, 0.5) is 5.13 Å². The molecule has 1 amide bonds. The summed E-state index contributed by atoms with van der Waals surface area (Å²) < 4.78 is 5.67. The van der Waals surface area contributed by atoms with E-state index in [9.17, 15) is 14.7 Å². The quantitative estimate of drug-likeness (QED) is 0.653. The Bertz CT molecular complexity index is 1050. The maximum atomic E-state index is 12.8. The van der Waals surface area contributed by atoms with Crippen molar-refractivity contribution in [3.05, 3.63) is 71.0 Å². The van der Waals surface area contributed by atoms with E-state index in [0.717, 1.165) is 15.8 Å². The molecule has 7 heteroatoms. The Morgan fingerprint density at radius 2 is 1.89 bits per heavy atom. The maximum Gasteiger partial charge on any atom is 0.335 e. The van der Waals surface area contributed by atoms with Crippen LogP contribution in [-0.4, -0.2) is 24.0 Å². The molecule has 27 heavy (non-hydrogen) atoms. The number of amides is 1. The summed E-state index contributed by atoms with van der Waals surface area (Å²) in [5.74, 6) is -2.44. The van der Waals surface area contributed by atoms with Crippen LogP contribution < -0.4 is 10.0 Å². The Hall–Kier alpha value is -3.19. The molecule has 2 heterocycles. The number of rotatable bonds is 3. The monoisotopic (exact) mass is 379 g/mol. The van der Waals surface area contributed by atoms with Crippen molar-refractivity contribution >= 4 is 38.6 Å². The van der Waals surface area contributed by atoms with Crippen molar-refractivity contribution in [2.75, 3.05) is 12.0 Å². The molecule has 6 nitrogen and oxygen atoms in total. The van der Waals surface area contributed by atoms with Crippen LogP contribution in [-0.2, 0) is 14.3 Å². The van der Waals surface area contributed by atoms with Gasteiger partial charge in [0.2, 0.25) is 5.91 Å².